The monoisotopic (exact) mass is 270 g/mol. The first kappa shape index (κ1) is 14.1. The summed E-state index contributed by atoms with van der Waals surface area (Å²) in [6.07, 6.45) is 0.614. The van der Waals surface area contributed by atoms with Crippen molar-refractivity contribution in [2.45, 2.75) is 13.3 Å². The zero-order chi connectivity index (χ0) is 14.5. The Kier molecular flexibility index (Phi) is 4.38. The third-order valence-electron chi connectivity index (χ3n) is 2.97. The fourth-order valence-corrected chi connectivity index (χ4v) is 2.03. The summed E-state index contributed by atoms with van der Waals surface area (Å²) in [5.41, 5.74) is 9.57. The Morgan fingerprint density at radius 2 is 1.90 bits per heavy atom. The number of hydrogen-bond donors (Lipinski definition) is 3. The van der Waals surface area contributed by atoms with Crippen LogP contribution < -0.4 is 11.1 Å². The number of amides is 1. The normalized spacial score (nSPS) is 10.3. The van der Waals surface area contributed by atoms with Gasteiger partial charge in [0.1, 0.15) is 0 Å². The predicted octanol–water partition coefficient (Wildman–Crippen LogP) is 2.36. The molecule has 0 aliphatic carbocycles. The fourth-order valence-electron chi connectivity index (χ4n) is 2.03. The number of nitrogen functional groups attached to an aromatic ring is 1. The average molecular weight is 270 g/mol. The molecule has 2 aromatic carbocycles. The van der Waals surface area contributed by atoms with Gasteiger partial charge in [-0.1, -0.05) is 12.1 Å². The molecule has 0 spiro atoms. The Labute approximate surface area is 118 Å². The van der Waals surface area contributed by atoms with Crippen molar-refractivity contribution < 1.29 is 9.90 Å². The number of benzene rings is 2. The van der Waals surface area contributed by atoms with Gasteiger partial charge in [-0.05, 0) is 54.8 Å². The quantitative estimate of drug-likeness (QED) is 0.747. The van der Waals surface area contributed by atoms with Crippen molar-refractivity contribution in [2.75, 3.05) is 17.7 Å². The second kappa shape index (κ2) is 6.21. The number of rotatable bonds is 4. The highest BCUT2D eigenvalue weighted by Gasteiger charge is 2.07. The van der Waals surface area contributed by atoms with Crippen molar-refractivity contribution in [1.82, 2.24) is 0 Å². The van der Waals surface area contributed by atoms with Crippen molar-refractivity contribution in [3.8, 4) is 0 Å². The first-order valence-corrected chi connectivity index (χ1v) is 6.47. The summed E-state index contributed by atoms with van der Waals surface area (Å²) >= 11 is 0. The molecule has 0 heterocycles. The highest BCUT2D eigenvalue weighted by molar-refractivity contribution is 6.04. The molecule has 1 amide bonds. The van der Waals surface area contributed by atoms with E-state index in [1.807, 2.05) is 37.3 Å². The van der Waals surface area contributed by atoms with Crippen LogP contribution in [0.15, 0.2) is 42.5 Å². The van der Waals surface area contributed by atoms with Crippen molar-refractivity contribution in [3.63, 3.8) is 0 Å². The highest BCUT2D eigenvalue weighted by atomic mass is 16.2. The van der Waals surface area contributed by atoms with Crippen LogP contribution in [0.5, 0.6) is 0 Å². The molecule has 20 heavy (non-hydrogen) atoms. The van der Waals surface area contributed by atoms with Crippen LogP contribution in [0.4, 0.5) is 11.4 Å². The summed E-state index contributed by atoms with van der Waals surface area (Å²) < 4.78 is 0. The van der Waals surface area contributed by atoms with E-state index in [1.54, 1.807) is 12.1 Å². The van der Waals surface area contributed by atoms with Crippen LogP contribution in [0.1, 0.15) is 21.5 Å². The molecule has 4 N–H and O–H groups in total. The molecular weight excluding hydrogens is 252 g/mol. The zero-order valence-corrected chi connectivity index (χ0v) is 11.4. The van der Waals surface area contributed by atoms with Gasteiger partial charge < -0.3 is 16.2 Å². The zero-order valence-electron chi connectivity index (χ0n) is 11.4. The maximum atomic E-state index is 12.1. The molecule has 4 nitrogen and oxygen atoms in total. The van der Waals surface area contributed by atoms with Crippen molar-refractivity contribution in [3.05, 3.63) is 59.2 Å². The van der Waals surface area contributed by atoms with Gasteiger partial charge in [-0.15, -0.1) is 0 Å². The van der Waals surface area contributed by atoms with Gasteiger partial charge in [0.15, 0.2) is 0 Å². The van der Waals surface area contributed by atoms with E-state index >= 15 is 0 Å². The summed E-state index contributed by atoms with van der Waals surface area (Å²) in [4.78, 5) is 12.1. The van der Waals surface area contributed by atoms with Gasteiger partial charge in [0.2, 0.25) is 0 Å². The third-order valence-corrected chi connectivity index (χ3v) is 2.97. The molecule has 2 rings (SSSR count). The number of anilines is 2. The van der Waals surface area contributed by atoms with E-state index in [9.17, 15) is 4.79 Å². The average Bonchev–Trinajstić information content (AvgIpc) is 2.40. The molecule has 4 heteroatoms. The predicted molar refractivity (Wildman–Crippen MR) is 80.8 cm³/mol. The third kappa shape index (κ3) is 3.59. The molecule has 104 valence electrons. The Hall–Kier alpha value is -2.33. The number of aliphatic hydroxyl groups excluding tert-OH is 1. The van der Waals surface area contributed by atoms with Gasteiger partial charge in [0.05, 0.1) is 0 Å². The first-order chi connectivity index (χ1) is 9.58. The standard InChI is InChI=1S/C16H18N2O2/c1-11-8-13(10-14(17)9-11)16(20)18-15-4-2-12(3-5-15)6-7-19/h2-5,8-10,19H,6-7,17H2,1H3,(H,18,20). The van der Waals surface area contributed by atoms with Crippen LogP contribution in [0, 0.1) is 6.92 Å². The van der Waals surface area contributed by atoms with Crippen LogP contribution in [0.2, 0.25) is 0 Å². The molecule has 0 aliphatic heterocycles. The van der Waals surface area contributed by atoms with Gasteiger partial charge in [0, 0.05) is 23.5 Å². The van der Waals surface area contributed by atoms with E-state index in [0.29, 0.717) is 17.7 Å². The number of carbonyl (C=O) groups excluding carboxylic acids is 1. The van der Waals surface area contributed by atoms with Gasteiger partial charge in [-0.3, -0.25) is 4.79 Å². The summed E-state index contributed by atoms with van der Waals surface area (Å²) in [6.45, 7) is 2.02. The Morgan fingerprint density at radius 1 is 1.20 bits per heavy atom. The molecule has 0 fully saturated rings. The van der Waals surface area contributed by atoms with Gasteiger partial charge in [-0.2, -0.15) is 0 Å². The molecule has 0 saturated carbocycles. The van der Waals surface area contributed by atoms with Crippen LogP contribution in [-0.4, -0.2) is 17.6 Å². The minimum Gasteiger partial charge on any atom is -0.399 e. The van der Waals surface area contributed by atoms with E-state index in [-0.39, 0.29) is 12.5 Å². The molecule has 2 aromatic rings. The molecule has 0 unspecified atom stereocenters. The second-order valence-corrected chi connectivity index (χ2v) is 4.76. The lowest BCUT2D eigenvalue weighted by Gasteiger charge is -2.08. The second-order valence-electron chi connectivity index (χ2n) is 4.76. The number of carbonyl (C=O) groups is 1. The summed E-state index contributed by atoms with van der Waals surface area (Å²) in [6, 6.07) is 12.7. The fraction of sp³-hybridized carbons (Fsp3) is 0.188. The minimum atomic E-state index is -0.185. The lowest BCUT2D eigenvalue weighted by Crippen LogP contribution is -2.12. The van der Waals surface area contributed by atoms with Crippen molar-refractivity contribution in [1.29, 1.82) is 0 Å². The molecular formula is C16H18N2O2. The SMILES string of the molecule is Cc1cc(N)cc(C(=O)Nc2ccc(CCO)cc2)c1. The molecule has 0 atom stereocenters. The minimum absolute atomic E-state index is 0.119. The highest BCUT2D eigenvalue weighted by Crippen LogP contribution is 2.15. The maximum absolute atomic E-state index is 12.1. The van der Waals surface area contributed by atoms with E-state index in [4.69, 9.17) is 10.8 Å². The molecule has 0 aliphatic rings. The van der Waals surface area contributed by atoms with Gasteiger partial charge >= 0.3 is 0 Å². The van der Waals surface area contributed by atoms with Crippen LogP contribution >= 0.6 is 0 Å². The van der Waals surface area contributed by atoms with E-state index in [1.165, 1.54) is 0 Å². The smallest absolute Gasteiger partial charge is 0.255 e. The van der Waals surface area contributed by atoms with Crippen molar-refractivity contribution >= 4 is 17.3 Å². The number of nitrogens with two attached hydrogens (primary N) is 1. The molecule has 0 radical (unpaired) electrons. The van der Waals surface area contributed by atoms with Crippen LogP contribution in [0.3, 0.4) is 0 Å². The maximum Gasteiger partial charge on any atom is 0.255 e. The molecule has 0 bridgehead atoms. The summed E-state index contributed by atoms with van der Waals surface area (Å²) in [7, 11) is 0. The summed E-state index contributed by atoms with van der Waals surface area (Å²) in [5.74, 6) is -0.185. The number of nitrogens with one attached hydrogen (secondary N) is 1. The lowest BCUT2D eigenvalue weighted by molar-refractivity contribution is 0.102. The molecule has 0 aromatic heterocycles. The Morgan fingerprint density at radius 3 is 2.50 bits per heavy atom. The van der Waals surface area contributed by atoms with E-state index < -0.39 is 0 Å². The first-order valence-electron chi connectivity index (χ1n) is 6.47. The van der Waals surface area contributed by atoms with Crippen LogP contribution in [0.25, 0.3) is 0 Å². The van der Waals surface area contributed by atoms with E-state index in [2.05, 4.69) is 5.32 Å². The lowest BCUT2D eigenvalue weighted by atomic mass is 10.1. The van der Waals surface area contributed by atoms with Crippen molar-refractivity contribution in [2.24, 2.45) is 0 Å². The van der Waals surface area contributed by atoms with Gasteiger partial charge in [0.25, 0.3) is 5.91 Å². The van der Waals surface area contributed by atoms with E-state index in [0.717, 1.165) is 16.8 Å². The number of hydrogen-bond acceptors (Lipinski definition) is 3. The summed E-state index contributed by atoms with van der Waals surface area (Å²) in [5, 5.41) is 11.7. The number of aliphatic hydroxyl groups is 1. The van der Waals surface area contributed by atoms with Crippen LogP contribution in [-0.2, 0) is 6.42 Å². The van der Waals surface area contributed by atoms with Gasteiger partial charge in [-0.25, -0.2) is 0 Å². The topological polar surface area (TPSA) is 75.4 Å². The largest absolute Gasteiger partial charge is 0.399 e. The molecule has 0 saturated heterocycles. The Balaban J connectivity index is 2.10. The number of aryl methyl sites for hydroxylation is 1. The Bertz CT molecular complexity index is 586.